The molecule has 0 amide bonds. The molecule has 0 saturated heterocycles. The van der Waals surface area contributed by atoms with Crippen LogP contribution in [0.15, 0.2) is 96.9 Å². The summed E-state index contributed by atoms with van der Waals surface area (Å²) in [5.41, 5.74) is -1.18. The number of rotatable bonds is 5. The topological polar surface area (TPSA) is 63.6 Å². The summed E-state index contributed by atoms with van der Waals surface area (Å²) in [5, 5.41) is 0. The van der Waals surface area contributed by atoms with Gasteiger partial charge in [0.05, 0.1) is 9.79 Å². The zero-order chi connectivity index (χ0) is 20.4. The van der Waals surface area contributed by atoms with E-state index in [2.05, 4.69) is 19.7 Å². The number of aryl methyl sites for hydroxylation is 1. The molecule has 0 aliphatic heterocycles. The van der Waals surface area contributed by atoms with Gasteiger partial charge in [0.2, 0.25) is 5.50 Å². The van der Waals surface area contributed by atoms with E-state index in [1.165, 1.54) is 36.4 Å². The maximum absolute atomic E-state index is 15.5. The van der Waals surface area contributed by atoms with Crippen LogP contribution in [0.3, 0.4) is 0 Å². The highest BCUT2D eigenvalue weighted by Gasteiger charge is 2.30. The Bertz CT molecular complexity index is 1190. The fraction of sp³-hybridized carbons (Fsp3) is 0.100. The minimum absolute atomic E-state index is 0.0149. The van der Waals surface area contributed by atoms with Gasteiger partial charge in [-0.3, -0.25) is 0 Å². The molecule has 2 atom stereocenters. The van der Waals surface area contributed by atoms with Crippen LogP contribution in [0.5, 0.6) is 0 Å². The quantitative estimate of drug-likeness (QED) is 0.473. The van der Waals surface area contributed by atoms with Crippen LogP contribution in [0.25, 0.3) is 0 Å². The molecule has 2 unspecified atom stereocenters. The van der Waals surface area contributed by atoms with Crippen LogP contribution >= 0.6 is 15.9 Å². The van der Waals surface area contributed by atoms with Crippen molar-refractivity contribution in [1.29, 1.82) is 0 Å². The van der Waals surface area contributed by atoms with E-state index in [1.54, 1.807) is 42.5 Å². The monoisotopic (exact) mass is 481 g/mol. The SMILES string of the molecule is Cc1ccc(S(=O)(=O)N=S(=O)(c2ccccc2)C(F)c2ccc(Br)cc2)cc1. The van der Waals surface area contributed by atoms with Crippen LogP contribution in [0, 0.1) is 6.92 Å². The second-order valence-electron chi connectivity index (χ2n) is 6.11. The number of hydrogen-bond donors (Lipinski definition) is 0. The van der Waals surface area contributed by atoms with Crippen molar-refractivity contribution < 1.29 is 17.0 Å². The van der Waals surface area contributed by atoms with E-state index < -0.39 is 25.3 Å². The largest absolute Gasteiger partial charge is 0.290 e. The Kier molecular flexibility index (Phi) is 6.02. The molecule has 0 bridgehead atoms. The zero-order valence-corrected chi connectivity index (χ0v) is 18.0. The van der Waals surface area contributed by atoms with Crippen molar-refractivity contribution in [2.24, 2.45) is 3.77 Å². The van der Waals surface area contributed by atoms with E-state index in [0.29, 0.717) is 0 Å². The molecule has 0 spiro atoms. The van der Waals surface area contributed by atoms with Crippen molar-refractivity contribution in [3.8, 4) is 0 Å². The average Bonchev–Trinajstić information content (AvgIpc) is 2.68. The number of hydrogen-bond acceptors (Lipinski definition) is 3. The Morgan fingerprint density at radius 3 is 1.96 bits per heavy atom. The Balaban J connectivity index is 2.22. The van der Waals surface area contributed by atoms with Gasteiger partial charge in [0.1, 0.15) is 9.73 Å². The number of alkyl halides is 1. The van der Waals surface area contributed by atoms with Gasteiger partial charge in [0, 0.05) is 10.0 Å². The van der Waals surface area contributed by atoms with Gasteiger partial charge in [-0.2, -0.15) is 8.42 Å². The number of sulfonamides is 1. The maximum atomic E-state index is 15.5. The summed E-state index contributed by atoms with van der Waals surface area (Å²) in [5.74, 6) is 0. The molecule has 0 aromatic heterocycles. The lowest BCUT2D eigenvalue weighted by atomic mass is 10.2. The van der Waals surface area contributed by atoms with Crippen molar-refractivity contribution in [3.05, 3.63) is 94.5 Å². The molecule has 0 aliphatic rings. The van der Waals surface area contributed by atoms with Gasteiger partial charge in [-0.15, -0.1) is 0 Å². The summed E-state index contributed by atoms with van der Waals surface area (Å²) in [6.45, 7) is 1.81. The Morgan fingerprint density at radius 2 is 1.39 bits per heavy atom. The number of nitrogens with zero attached hydrogens (tertiary/aromatic N) is 1. The molecule has 28 heavy (non-hydrogen) atoms. The van der Waals surface area contributed by atoms with Crippen LogP contribution in [0.4, 0.5) is 4.39 Å². The Morgan fingerprint density at radius 1 is 0.821 bits per heavy atom. The number of halogens is 2. The minimum atomic E-state index is -4.34. The normalized spacial score (nSPS) is 14.8. The van der Waals surface area contributed by atoms with E-state index in [-0.39, 0.29) is 15.4 Å². The summed E-state index contributed by atoms with van der Waals surface area (Å²) in [4.78, 5) is -0.120. The van der Waals surface area contributed by atoms with Crippen molar-refractivity contribution in [2.75, 3.05) is 0 Å². The zero-order valence-electron chi connectivity index (χ0n) is 14.8. The first-order chi connectivity index (χ1) is 13.2. The van der Waals surface area contributed by atoms with Crippen LogP contribution < -0.4 is 0 Å². The molecule has 0 saturated carbocycles. The van der Waals surface area contributed by atoms with Gasteiger partial charge in [0.25, 0.3) is 10.0 Å². The Hall–Kier alpha value is -2.03. The minimum Gasteiger partial charge on any atom is -0.240 e. The van der Waals surface area contributed by atoms with Crippen LogP contribution in [-0.2, 0) is 19.8 Å². The van der Waals surface area contributed by atoms with Crippen LogP contribution in [0.2, 0.25) is 0 Å². The highest BCUT2D eigenvalue weighted by molar-refractivity contribution is 9.10. The fourth-order valence-electron chi connectivity index (χ4n) is 2.51. The summed E-state index contributed by atoms with van der Waals surface area (Å²) in [6, 6.07) is 19.7. The first kappa shape index (κ1) is 20.7. The standard InChI is InChI=1S/C20H17BrFNO3S2/c1-15-7-13-19(14-8-15)28(25,26)23-27(24,18-5-3-2-4-6-18)20(22)16-9-11-17(21)12-10-16/h2-14,20H,1H3. The maximum Gasteiger partial charge on any atom is 0.290 e. The fourth-order valence-corrected chi connectivity index (χ4v) is 6.73. The van der Waals surface area contributed by atoms with E-state index in [1.807, 2.05) is 6.92 Å². The van der Waals surface area contributed by atoms with E-state index >= 15 is 4.39 Å². The summed E-state index contributed by atoms with van der Waals surface area (Å²) in [7, 11) is -8.32. The molecule has 0 N–H and O–H groups in total. The summed E-state index contributed by atoms with van der Waals surface area (Å²) < 4.78 is 59.1. The third kappa shape index (κ3) is 4.34. The third-order valence-corrected chi connectivity index (χ3v) is 8.87. The molecule has 3 rings (SSSR count). The van der Waals surface area contributed by atoms with Gasteiger partial charge in [-0.25, -0.2) is 8.60 Å². The molecule has 3 aromatic rings. The summed E-state index contributed by atoms with van der Waals surface area (Å²) >= 11 is 3.26. The molecule has 0 aliphatic carbocycles. The first-order valence-corrected chi connectivity index (χ1v) is 12.1. The van der Waals surface area contributed by atoms with Crippen LogP contribution in [-0.4, -0.2) is 12.6 Å². The molecule has 3 aromatic carbocycles. The van der Waals surface area contributed by atoms with Gasteiger partial charge in [-0.05, 0) is 43.3 Å². The van der Waals surface area contributed by atoms with Crippen LogP contribution in [0.1, 0.15) is 16.6 Å². The predicted octanol–water partition coefficient (Wildman–Crippen LogP) is 5.64. The lowest BCUT2D eigenvalue weighted by Gasteiger charge is -2.16. The smallest absolute Gasteiger partial charge is 0.240 e. The molecule has 0 heterocycles. The van der Waals surface area contributed by atoms with E-state index in [9.17, 15) is 12.6 Å². The molecule has 4 nitrogen and oxygen atoms in total. The second-order valence-corrected chi connectivity index (χ2v) is 11.1. The average molecular weight is 482 g/mol. The predicted molar refractivity (Wildman–Crippen MR) is 112 cm³/mol. The van der Waals surface area contributed by atoms with Gasteiger partial charge < -0.3 is 0 Å². The van der Waals surface area contributed by atoms with Gasteiger partial charge in [0.15, 0.2) is 0 Å². The highest BCUT2D eigenvalue weighted by atomic mass is 79.9. The van der Waals surface area contributed by atoms with Gasteiger partial charge in [-0.1, -0.05) is 67.7 Å². The van der Waals surface area contributed by atoms with E-state index in [0.717, 1.165) is 10.0 Å². The highest BCUT2D eigenvalue weighted by Crippen LogP contribution is 2.34. The Labute approximate surface area is 172 Å². The molecule has 0 fully saturated rings. The van der Waals surface area contributed by atoms with E-state index in [4.69, 9.17) is 0 Å². The lowest BCUT2D eigenvalue weighted by molar-refractivity contribution is 0.450. The third-order valence-electron chi connectivity index (χ3n) is 4.02. The number of benzene rings is 3. The second kappa shape index (κ2) is 8.14. The molecular formula is C20H17BrFNO3S2. The van der Waals surface area contributed by atoms with Gasteiger partial charge >= 0.3 is 0 Å². The lowest BCUT2D eigenvalue weighted by Crippen LogP contribution is -2.13. The molecule has 8 heteroatoms. The van der Waals surface area contributed by atoms with Crippen molar-refractivity contribution in [1.82, 2.24) is 0 Å². The van der Waals surface area contributed by atoms with Crippen molar-refractivity contribution >= 4 is 35.7 Å². The summed E-state index contributed by atoms with van der Waals surface area (Å²) in [6.07, 6.45) is 0. The molecule has 0 radical (unpaired) electrons. The first-order valence-electron chi connectivity index (χ1n) is 8.26. The van der Waals surface area contributed by atoms with Crippen molar-refractivity contribution in [3.63, 3.8) is 0 Å². The van der Waals surface area contributed by atoms with Crippen molar-refractivity contribution in [2.45, 2.75) is 22.2 Å². The molecule has 146 valence electrons. The molecular weight excluding hydrogens is 465 g/mol.